The van der Waals surface area contributed by atoms with Crippen LogP contribution in [-0.2, 0) is 112 Å². The maximum absolute atomic E-state index is 12.5. The normalized spacial score (nSPS) is 43.4. The fraction of sp³-hybridized carbons (Fsp3) is 0.943. The highest BCUT2D eigenvalue weighted by atomic mass is 32.3. The molecule has 75 heavy (non-hydrogen) atoms. The van der Waals surface area contributed by atoms with Crippen LogP contribution >= 0.6 is 0 Å². The van der Waals surface area contributed by atoms with Crippen molar-refractivity contribution in [3.05, 3.63) is 0 Å². The maximum Gasteiger partial charge on any atom is 0.397 e. The van der Waals surface area contributed by atoms with Gasteiger partial charge in [0.2, 0.25) is 12.6 Å². The molecule has 0 radical (unpaired) electrons. The van der Waals surface area contributed by atoms with E-state index in [-0.39, 0.29) is 25.8 Å². The third-order valence-corrected chi connectivity index (χ3v) is 14.7. The summed E-state index contributed by atoms with van der Waals surface area (Å²) in [7, 11) is -19.8. The predicted molar refractivity (Wildman–Crippen MR) is 232 cm³/mol. The minimum Gasteiger partial charge on any atom is -0.435 e. The fourth-order valence-corrected chi connectivity index (χ4v) is 11.1. The quantitative estimate of drug-likeness (QED) is 0.0315. The molecule has 0 saturated carbocycles. The van der Waals surface area contributed by atoms with Gasteiger partial charge >= 0.3 is 41.3 Å². The molecule has 0 spiro atoms. The lowest BCUT2D eigenvalue weighted by atomic mass is 9.87. The molecule has 0 aromatic rings. The highest BCUT2D eigenvalue weighted by Gasteiger charge is 2.57. The molecule has 0 aromatic heterocycles. The topological polar surface area (TPSA) is 529 Å². The number of aliphatic hydroxyl groups excluding tert-OH is 6. The summed E-state index contributed by atoms with van der Waals surface area (Å²) in [4.78, 5) is 23.6. The Morgan fingerprint density at radius 1 is 0.453 bits per heavy atom. The number of carbonyl (C=O) groups is 2. The lowest BCUT2D eigenvalue weighted by molar-refractivity contribution is -0.396. The molecule has 13 N–H and O–H groups in total. The van der Waals surface area contributed by atoms with Gasteiger partial charge < -0.3 is 87.5 Å². The summed E-state index contributed by atoms with van der Waals surface area (Å²) in [5.41, 5.74) is 0. The molecule has 11 unspecified atom stereocenters. The van der Waals surface area contributed by atoms with Gasteiger partial charge in [0, 0.05) is 18.9 Å². The Kier molecular flexibility index (Phi) is 22.0. The van der Waals surface area contributed by atoms with Gasteiger partial charge in [0.1, 0.15) is 60.9 Å². The van der Waals surface area contributed by atoms with Gasteiger partial charge in [-0.1, -0.05) is 27.7 Å². The van der Waals surface area contributed by atoms with E-state index in [4.69, 9.17) is 56.8 Å². The highest BCUT2D eigenvalue weighted by Crippen LogP contribution is 2.39. The first kappa shape index (κ1) is 63.6. The second-order valence-electron chi connectivity index (χ2n) is 17.5. The Hall–Kier alpha value is -2.22. The molecule has 0 aromatic carbocycles. The van der Waals surface area contributed by atoms with E-state index < -0.39 is 201 Å². The largest absolute Gasteiger partial charge is 0.435 e. The molecular weight excluding hydrogens is 1120 g/mol. The van der Waals surface area contributed by atoms with E-state index in [1.807, 2.05) is 4.72 Å². The van der Waals surface area contributed by atoms with E-state index in [0.29, 0.717) is 0 Å². The van der Waals surface area contributed by atoms with Gasteiger partial charge in [-0.3, -0.25) is 27.8 Å². The van der Waals surface area contributed by atoms with E-state index in [1.165, 1.54) is 27.7 Å². The Bertz CT molecular complexity index is 2340. The van der Waals surface area contributed by atoms with Gasteiger partial charge in [0.25, 0.3) is 12.9 Å². The van der Waals surface area contributed by atoms with Gasteiger partial charge in [-0.15, -0.1) is 0 Å². The number of hydrogen-bond acceptors (Lipinski definition) is 29. The van der Waals surface area contributed by atoms with Crippen LogP contribution < -0.4 is 14.2 Å². The fourth-order valence-electron chi connectivity index (χ4n) is 8.94. The molecule has 5 aliphatic rings. The molecular formula is C35H61N3O33S4. The molecule has 5 aliphatic heterocycles. The average Bonchev–Trinajstić information content (AvgIpc) is 3.30. The van der Waals surface area contributed by atoms with Crippen molar-refractivity contribution in [3.63, 3.8) is 0 Å². The zero-order chi connectivity index (χ0) is 56.3. The number of ether oxygens (including phenoxy) is 12. The van der Waals surface area contributed by atoms with E-state index in [1.54, 1.807) is 9.44 Å². The number of rotatable bonds is 24. The summed E-state index contributed by atoms with van der Waals surface area (Å²) >= 11 is 0. The van der Waals surface area contributed by atoms with Crippen molar-refractivity contribution in [2.75, 3.05) is 13.7 Å². The summed E-state index contributed by atoms with van der Waals surface area (Å²) < 4.78 is 210. The summed E-state index contributed by atoms with van der Waals surface area (Å²) in [6.45, 7) is 4.01. The summed E-state index contributed by atoms with van der Waals surface area (Å²) in [6.07, 6.45) is -37.9. The maximum atomic E-state index is 12.5. The third-order valence-electron chi connectivity index (χ3n) is 12.6. The van der Waals surface area contributed by atoms with Crippen LogP contribution in [0.1, 0.15) is 40.5 Å². The van der Waals surface area contributed by atoms with Crippen LogP contribution in [0.25, 0.3) is 0 Å². The van der Waals surface area contributed by atoms with Crippen LogP contribution in [0.15, 0.2) is 0 Å². The average molecular weight is 1180 g/mol. The number of carbonyl (C=O) groups excluding carboxylic acids is 2. The van der Waals surface area contributed by atoms with E-state index >= 15 is 0 Å². The van der Waals surface area contributed by atoms with E-state index in [0.717, 1.165) is 7.11 Å². The Morgan fingerprint density at radius 2 is 0.893 bits per heavy atom. The molecule has 5 fully saturated rings. The highest BCUT2D eigenvalue weighted by molar-refractivity contribution is 7.84. The summed E-state index contributed by atoms with van der Waals surface area (Å²) in [5.74, 6) is -2.72. The first-order chi connectivity index (χ1) is 34.8. The van der Waals surface area contributed by atoms with Crippen LogP contribution in [-0.4, -0.2) is 251 Å². The molecule has 5 saturated heterocycles. The first-order valence-corrected chi connectivity index (χ1v) is 28.0. The van der Waals surface area contributed by atoms with Crippen LogP contribution in [0.5, 0.6) is 0 Å². The third kappa shape index (κ3) is 16.2. The molecule has 5 rings (SSSR count). The Labute approximate surface area is 427 Å². The molecule has 0 bridgehead atoms. The van der Waals surface area contributed by atoms with Crippen LogP contribution in [0.4, 0.5) is 0 Å². The van der Waals surface area contributed by atoms with Gasteiger partial charge in [-0.25, -0.2) is 4.18 Å². The Balaban J connectivity index is 1.38. The molecule has 40 heteroatoms. The molecule has 36 nitrogen and oxygen atoms in total. The second-order valence-corrected chi connectivity index (χ2v) is 22.2. The number of hydrogen-bond donors (Lipinski definition) is 13. The zero-order valence-corrected chi connectivity index (χ0v) is 43.0. The van der Waals surface area contributed by atoms with Crippen molar-refractivity contribution in [3.8, 4) is 0 Å². The zero-order valence-electron chi connectivity index (χ0n) is 39.7. The van der Waals surface area contributed by atoms with Crippen molar-refractivity contribution < 1.29 is 153 Å². The lowest BCUT2D eigenvalue weighted by Gasteiger charge is -2.50. The van der Waals surface area contributed by atoms with E-state index in [9.17, 15) is 92.1 Å². The molecule has 25 atom stereocenters. The molecule has 0 aliphatic carbocycles. The smallest absolute Gasteiger partial charge is 0.397 e. The Morgan fingerprint density at radius 3 is 1.39 bits per heavy atom. The van der Waals surface area contributed by atoms with Crippen LogP contribution in [0, 0.1) is 11.8 Å². The minimum absolute atomic E-state index is 0.00478. The van der Waals surface area contributed by atoms with Gasteiger partial charge in [-0.2, -0.15) is 47.8 Å². The number of nitrogens with one attached hydrogen (secondary N) is 3. The SMILES string of the molecule is CCC1O[C@@H](O[C@@H]2C(OC=O)O[C@@H](O[C@@H]3C(CC)O[C@@H](OC4C(OC=O)O[C@@H](O[C@@H]5C(COS(=O)(=O)O)O[C@@H](OC)C(NS(=O)(=O)O)[C@H]5O)C(C)[C@@H]4O)C(NS(=O)(=O)O)[C@H]3C)C(O)[C@H]2O)C(NS(=O)(=O)O)[C@@H](O)[C@@H]1O. The number of aliphatic hydroxyl groups is 6. The molecule has 5 heterocycles. The van der Waals surface area contributed by atoms with Crippen molar-refractivity contribution in [2.45, 2.75) is 182 Å². The van der Waals surface area contributed by atoms with Crippen LogP contribution in [0.2, 0.25) is 0 Å². The van der Waals surface area contributed by atoms with Crippen molar-refractivity contribution in [2.24, 2.45) is 11.8 Å². The summed E-state index contributed by atoms with van der Waals surface area (Å²) in [6, 6.07) is -5.70. The molecule has 438 valence electrons. The second kappa shape index (κ2) is 25.9. The monoisotopic (exact) mass is 1180 g/mol. The van der Waals surface area contributed by atoms with Crippen molar-refractivity contribution >= 4 is 54.3 Å². The van der Waals surface area contributed by atoms with Crippen molar-refractivity contribution in [1.82, 2.24) is 14.2 Å². The molecule has 0 amide bonds. The lowest BCUT2D eigenvalue weighted by Crippen LogP contribution is -2.68. The van der Waals surface area contributed by atoms with Gasteiger partial charge in [0.05, 0.1) is 37.1 Å². The van der Waals surface area contributed by atoms with Gasteiger partial charge in [-0.05, 0) is 12.8 Å². The standard InChI is InChI=1S/C35H61N3O33S4/c1-6-13-20(42)21(43)17(37-73(50,51)52)32(63-13)69-28-23(45)24(46)33(71-35(28)61-10-40)66-25-11(3)16(36-72(47,48)49)31(64-14(25)7-2)68-27-19(41)12(4)29(70-34(27)60-9-39)67-26-15(8-62-75(56,57)58)65-30(59-5)18(22(26)44)38-74(53,54)55/h9-38,41-46H,6-8H2,1-5H3,(H,47,48,49)(H,50,51,52)(H,53,54,55)(H,56,57,58)/t11-,12?,13?,14?,15?,16?,17?,18?,19+,20-,21-,22-,23-,24?,25+,26-,27?,28+,29-,30-,31+,32+,33-,34?,35?/m1/s1. The van der Waals surface area contributed by atoms with Crippen molar-refractivity contribution in [1.29, 1.82) is 0 Å². The van der Waals surface area contributed by atoms with Crippen LogP contribution in [0.3, 0.4) is 0 Å². The summed E-state index contributed by atoms with van der Waals surface area (Å²) in [5, 5.41) is 67.0. The van der Waals surface area contributed by atoms with E-state index in [2.05, 4.69) is 4.18 Å². The first-order valence-electron chi connectivity index (χ1n) is 22.3. The minimum atomic E-state index is -5.25. The van der Waals surface area contributed by atoms with Gasteiger partial charge in [0.15, 0.2) is 37.6 Å². The number of methoxy groups -OCH3 is 1. The predicted octanol–water partition coefficient (Wildman–Crippen LogP) is -7.58.